The molecular formula is C11H11NO2. The van der Waals surface area contributed by atoms with E-state index in [1.807, 2.05) is 6.92 Å². The molecule has 0 saturated carbocycles. The molecule has 72 valence electrons. The fourth-order valence-electron chi connectivity index (χ4n) is 1.03. The number of nitrogens with zero attached hydrogens (tertiary/aromatic N) is 1. The maximum atomic E-state index is 11.4. The van der Waals surface area contributed by atoms with Crippen molar-refractivity contribution in [3.8, 4) is 12.3 Å². The van der Waals surface area contributed by atoms with Crippen LogP contribution >= 0.6 is 0 Å². The molecule has 3 heteroatoms. The standard InChI is InChI=1S/C11H11NO2/c1-4-5-14-11(13)10-6-9(3)12-7-8(10)2/h1,6-7H,5H2,2-3H3. The molecule has 0 saturated heterocycles. The van der Waals surface area contributed by atoms with Crippen molar-refractivity contribution in [2.45, 2.75) is 13.8 Å². The lowest BCUT2D eigenvalue weighted by Gasteiger charge is -2.04. The van der Waals surface area contributed by atoms with Crippen LogP contribution in [0.1, 0.15) is 21.6 Å². The van der Waals surface area contributed by atoms with Crippen molar-refractivity contribution in [2.24, 2.45) is 0 Å². The Morgan fingerprint density at radius 2 is 2.36 bits per heavy atom. The van der Waals surface area contributed by atoms with Crippen molar-refractivity contribution in [3.63, 3.8) is 0 Å². The minimum absolute atomic E-state index is 0.000353. The number of aromatic nitrogens is 1. The van der Waals surface area contributed by atoms with Crippen molar-refractivity contribution in [2.75, 3.05) is 6.61 Å². The van der Waals surface area contributed by atoms with E-state index in [0.717, 1.165) is 11.3 Å². The van der Waals surface area contributed by atoms with Gasteiger partial charge in [-0.05, 0) is 25.5 Å². The Bertz CT molecular complexity index is 391. The van der Waals surface area contributed by atoms with Crippen LogP contribution in [0.3, 0.4) is 0 Å². The average molecular weight is 189 g/mol. The Morgan fingerprint density at radius 3 is 3.00 bits per heavy atom. The first-order chi connectivity index (χ1) is 6.65. The fourth-order valence-corrected chi connectivity index (χ4v) is 1.03. The van der Waals surface area contributed by atoms with Gasteiger partial charge in [0, 0.05) is 11.9 Å². The van der Waals surface area contributed by atoms with Crippen molar-refractivity contribution >= 4 is 5.97 Å². The Kier molecular flexibility index (Phi) is 3.24. The van der Waals surface area contributed by atoms with Gasteiger partial charge >= 0.3 is 5.97 Å². The summed E-state index contributed by atoms with van der Waals surface area (Å²) >= 11 is 0. The van der Waals surface area contributed by atoms with Gasteiger partial charge in [-0.25, -0.2) is 4.79 Å². The third-order valence-corrected chi connectivity index (χ3v) is 1.75. The molecule has 0 aliphatic carbocycles. The van der Waals surface area contributed by atoms with E-state index in [-0.39, 0.29) is 6.61 Å². The molecule has 1 aromatic heterocycles. The fraction of sp³-hybridized carbons (Fsp3) is 0.273. The molecule has 0 bridgehead atoms. The number of esters is 1. The molecule has 0 radical (unpaired) electrons. The summed E-state index contributed by atoms with van der Waals surface area (Å²) in [7, 11) is 0. The van der Waals surface area contributed by atoms with Crippen LogP contribution in [0.4, 0.5) is 0 Å². The molecule has 1 rings (SSSR count). The molecule has 0 aliphatic heterocycles. The molecule has 0 aromatic carbocycles. The normalized spacial score (nSPS) is 9.21. The first-order valence-corrected chi connectivity index (χ1v) is 4.19. The molecule has 0 fully saturated rings. The number of carbonyl (C=O) groups is 1. The summed E-state index contributed by atoms with van der Waals surface area (Å²) < 4.78 is 4.81. The highest BCUT2D eigenvalue weighted by atomic mass is 16.5. The number of hydrogen-bond donors (Lipinski definition) is 0. The van der Waals surface area contributed by atoms with E-state index in [1.165, 1.54) is 0 Å². The number of rotatable bonds is 2. The van der Waals surface area contributed by atoms with Crippen molar-refractivity contribution in [1.82, 2.24) is 4.98 Å². The molecule has 0 aliphatic rings. The van der Waals surface area contributed by atoms with Crippen LogP contribution in [0.5, 0.6) is 0 Å². The van der Waals surface area contributed by atoms with E-state index < -0.39 is 5.97 Å². The van der Waals surface area contributed by atoms with Crippen LogP contribution in [0.2, 0.25) is 0 Å². The van der Waals surface area contributed by atoms with Crippen LogP contribution in [0.15, 0.2) is 12.3 Å². The highest BCUT2D eigenvalue weighted by Gasteiger charge is 2.10. The molecule has 0 unspecified atom stereocenters. The van der Waals surface area contributed by atoms with E-state index >= 15 is 0 Å². The molecule has 3 nitrogen and oxygen atoms in total. The molecule has 0 atom stereocenters. The first kappa shape index (κ1) is 10.3. The van der Waals surface area contributed by atoms with Gasteiger partial charge in [-0.1, -0.05) is 5.92 Å². The van der Waals surface area contributed by atoms with Gasteiger partial charge in [0.1, 0.15) is 0 Å². The summed E-state index contributed by atoms with van der Waals surface area (Å²) in [6, 6.07) is 1.69. The summed E-state index contributed by atoms with van der Waals surface area (Å²) in [6.45, 7) is 3.62. The summed E-state index contributed by atoms with van der Waals surface area (Å²) in [5.41, 5.74) is 2.09. The topological polar surface area (TPSA) is 39.2 Å². The van der Waals surface area contributed by atoms with Gasteiger partial charge in [0.05, 0.1) is 5.56 Å². The van der Waals surface area contributed by atoms with E-state index in [0.29, 0.717) is 5.56 Å². The number of terminal acetylenes is 1. The second-order valence-corrected chi connectivity index (χ2v) is 2.92. The third kappa shape index (κ3) is 2.33. The molecular weight excluding hydrogens is 178 g/mol. The lowest BCUT2D eigenvalue weighted by molar-refractivity contribution is 0.0555. The van der Waals surface area contributed by atoms with Gasteiger partial charge in [0.25, 0.3) is 0 Å². The quantitative estimate of drug-likeness (QED) is 0.522. The predicted molar refractivity (Wildman–Crippen MR) is 52.8 cm³/mol. The minimum Gasteiger partial charge on any atom is -0.449 e. The lowest BCUT2D eigenvalue weighted by atomic mass is 10.1. The minimum atomic E-state index is -0.397. The van der Waals surface area contributed by atoms with Gasteiger partial charge in [0.15, 0.2) is 6.61 Å². The second kappa shape index (κ2) is 4.43. The van der Waals surface area contributed by atoms with Gasteiger partial charge in [-0.2, -0.15) is 0 Å². The first-order valence-electron chi connectivity index (χ1n) is 4.19. The zero-order chi connectivity index (χ0) is 10.6. The predicted octanol–water partition coefficient (Wildman–Crippen LogP) is 1.49. The zero-order valence-electron chi connectivity index (χ0n) is 8.20. The largest absolute Gasteiger partial charge is 0.449 e. The van der Waals surface area contributed by atoms with Crippen molar-refractivity contribution < 1.29 is 9.53 Å². The summed E-state index contributed by atoms with van der Waals surface area (Å²) in [6.07, 6.45) is 6.62. The van der Waals surface area contributed by atoms with Gasteiger partial charge in [-0.3, -0.25) is 4.98 Å². The number of pyridine rings is 1. The van der Waals surface area contributed by atoms with Crippen LogP contribution in [-0.4, -0.2) is 17.6 Å². The smallest absolute Gasteiger partial charge is 0.339 e. The summed E-state index contributed by atoms with van der Waals surface area (Å²) in [4.78, 5) is 15.5. The molecule has 0 N–H and O–H groups in total. The Labute approximate surface area is 83.1 Å². The summed E-state index contributed by atoms with van der Waals surface area (Å²) in [5, 5.41) is 0. The van der Waals surface area contributed by atoms with Gasteiger partial charge < -0.3 is 4.74 Å². The van der Waals surface area contributed by atoms with E-state index in [9.17, 15) is 4.79 Å². The highest BCUT2D eigenvalue weighted by Crippen LogP contribution is 2.09. The third-order valence-electron chi connectivity index (χ3n) is 1.75. The van der Waals surface area contributed by atoms with E-state index in [1.54, 1.807) is 19.2 Å². The Balaban J connectivity index is 2.90. The van der Waals surface area contributed by atoms with Crippen LogP contribution in [0.25, 0.3) is 0 Å². The zero-order valence-corrected chi connectivity index (χ0v) is 8.20. The Morgan fingerprint density at radius 1 is 1.64 bits per heavy atom. The molecule has 14 heavy (non-hydrogen) atoms. The number of ether oxygens (including phenoxy) is 1. The number of aryl methyl sites for hydroxylation is 2. The summed E-state index contributed by atoms with van der Waals surface area (Å²) in [5.74, 6) is 1.85. The van der Waals surface area contributed by atoms with Gasteiger partial charge in [0.2, 0.25) is 0 Å². The van der Waals surface area contributed by atoms with E-state index in [2.05, 4.69) is 10.9 Å². The van der Waals surface area contributed by atoms with Gasteiger partial charge in [-0.15, -0.1) is 6.42 Å². The number of carbonyl (C=O) groups excluding carboxylic acids is 1. The maximum absolute atomic E-state index is 11.4. The van der Waals surface area contributed by atoms with Crippen LogP contribution < -0.4 is 0 Å². The lowest BCUT2D eigenvalue weighted by Crippen LogP contribution is -2.08. The molecule has 1 heterocycles. The highest BCUT2D eigenvalue weighted by molar-refractivity contribution is 5.91. The maximum Gasteiger partial charge on any atom is 0.339 e. The monoisotopic (exact) mass is 189 g/mol. The molecule has 1 aromatic rings. The molecule has 0 amide bonds. The van der Waals surface area contributed by atoms with Crippen LogP contribution in [0, 0.1) is 26.2 Å². The van der Waals surface area contributed by atoms with Crippen LogP contribution in [-0.2, 0) is 4.74 Å². The number of hydrogen-bond acceptors (Lipinski definition) is 3. The molecule has 0 spiro atoms. The SMILES string of the molecule is C#CCOC(=O)c1cc(C)ncc1C. The second-order valence-electron chi connectivity index (χ2n) is 2.92. The van der Waals surface area contributed by atoms with E-state index in [4.69, 9.17) is 11.2 Å². The average Bonchev–Trinajstić information content (AvgIpc) is 2.18. The van der Waals surface area contributed by atoms with Crippen molar-refractivity contribution in [1.29, 1.82) is 0 Å². The Hall–Kier alpha value is -1.82. The van der Waals surface area contributed by atoms with Crippen molar-refractivity contribution in [3.05, 3.63) is 29.1 Å².